The zero-order valence-corrected chi connectivity index (χ0v) is 41.7. The number of aliphatic carboxylic acids is 4. The molecule has 3 aromatic rings. The quantitative estimate of drug-likeness (QED) is 0.0660. The van der Waals surface area contributed by atoms with Crippen molar-refractivity contribution in [2.45, 2.75) is 0 Å². The minimum Gasteiger partial charge on any atom is -0.870 e. The summed E-state index contributed by atoms with van der Waals surface area (Å²) in [7, 11) is 0. The number of carbonyl (C=O) groups excluding carboxylic acids is 5. The maximum atomic E-state index is 11.3. The Hall–Kier alpha value is 3.18. The molecule has 0 saturated carbocycles. The second kappa shape index (κ2) is 29.6. The molecule has 46 heavy (non-hydrogen) atoms. The number of fused-ring (bicyclic) bond motifs is 1. The number of carboxylic acid groups (broad SMARTS) is 4. The van der Waals surface area contributed by atoms with Crippen LogP contribution < -0.4 is 287 Å². The van der Waals surface area contributed by atoms with E-state index in [1.807, 2.05) is 0 Å². The van der Waals surface area contributed by atoms with Gasteiger partial charge in [-0.05, 0) is 12.1 Å². The van der Waals surface area contributed by atoms with Gasteiger partial charge in [0.1, 0.15) is 17.9 Å². The molecule has 0 bridgehead atoms. The molecule has 0 amide bonds. The maximum Gasteiger partial charge on any atom is 1.00 e. The number of oxazole rings is 1. The summed E-state index contributed by atoms with van der Waals surface area (Å²) in [6.45, 7) is -3.27. The summed E-state index contributed by atoms with van der Waals surface area (Å²) in [6.07, 6.45) is 2.67. The number of aromatic nitrogens is 1. The Labute approximate surface area is 475 Å². The summed E-state index contributed by atoms with van der Waals surface area (Å²) < 4.78 is 21.9. The number of rotatable bonds is 18. The number of carboxylic acids is 4. The molecule has 1 aromatic carbocycles. The van der Waals surface area contributed by atoms with Gasteiger partial charge in [0.2, 0.25) is 5.89 Å². The molecule has 0 aliphatic carbocycles. The number of carbonyl (C=O) groups is 4. The molecular formula is C24H21K5N3O14-. The molecule has 0 atom stereocenters. The van der Waals surface area contributed by atoms with Crippen LogP contribution in [0.5, 0.6) is 5.75 Å². The first-order valence-corrected chi connectivity index (χ1v) is 11.4. The van der Waals surface area contributed by atoms with E-state index in [2.05, 4.69) is 4.98 Å². The van der Waals surface area contributed by atoms with E-state index in [-0.39, 0.29) is 323 Å². The Bertz CT molecular complexity index is 1370. The van der Waals surface area contributed by atoms with Crippen LogP contribution >= 0.6 is 0 Å². The molecule has 222 valence electrons. The zero-order valence-electron chi connectivity index (χ0n) is 26.1. The molecule has 2 aromatic heterocycles. The molecule has 1 N–H and O–H groups in total. The van der Waals surface area contributed by atoms with Crippen LogP contribution in [0.25, 0.3) is 22.6 Å². The number of anilines is 1. The van der Waals surface area contributed by atoms with Gasteiger partial charge in [0, 0.05) is 43.1 Å². The van der Waals surface area contributed by atoms with E-state index in [0.29, 0.717) is 5.39 Å². The minimum atomic E-state index is -1.58. The number of nitrogens with zero attached hydrogens (tertiary/aromatic N) is 3. The zero-order chi connectivity index (χ0) is 29.2. The monoisotopic (exact) mass is 770 g/mol. The van der Waals surface area contributed by atoms with E-state index in [9.17, 15) is 44.4 Å². The third-order valence-corrected chi connectivity index (χ3v) is 5.14. The van der Waals surface area contributed by atoms with Crippen LogP contribution in [-0.2, 0) is 28.7 Å². The fourth-order valence-electron chi connectivity index (χ4n) is 3.58. The van der Waals surface area contributed by atoms with Crippen molar-refractivity contribution < 1.29 is 325 Å². The van der Waals surface area contributed by atoms with Crippen molar-refractivity contribution >= 4 is 46.8 Å². The van der Waals surface area contributed by atoms with Gasteiger partial charge in [-0.1, -0.05) is 6.20 Å². The molecular weight excluding hydrogens is 750 g/mol. The predicted octanol–water partition coefficient (Wildman–Crippen LogP) is -20.1. The first-order valence-electron chi connectivity index (χ1n) is 11.4. The van der Waals surface area contributed by atoms with Crippen molar-refractivity contribution in [1.29, 1.82) is 0 Å². The predicted molar refractivity (Wildman–Crippen MR) is 123 cm³/mol. The van der Waals surface area contributed by atoms with Crippen LogP contribution in [-0.4, -0.2) is 98.1 Å². The van der Waals surface area contributed by atoms with Crippen LogP contribution in [0.4, 0.5) is 5.69 Å². The fourth-order valence-corrected chi connectivity index (χ4v) is 3.58. The number of ether oxygens (including phenoxy) is 2. The Balaban J connectivity index is -0.00000147. The van der Waals surface area contributed by atoms with Gasteiger partial charge in [0.25, 0.3) is 0 Å². The van der Waals surface area contributed by atoms with Crippen molar-refractivity contribution in [2.75, 3.05) is 57.4 Å². The number of benzene rings is 1. The van der Waals surface area contributed by atoms with Crippen molar-refractivity contribution in [1.82, 2.24) is 9.88 Å². The van der Waals surface area contributed by atoms with Gasteiger partial charge in [0.15, 0.2) is 5.76 Å². The third-order valence-electron chi connectivity index (χ3n) is 5.14. The van der Waals surface area contributed by atoms with Gasteiger partial charge in [-0.2, -0.15) is 0 Å². The second-order valence-electron chi connectivity index (χ2n) is 8.12. The van der Waals surface area contributed by atoms with Crippen molar-refractivity contribution in [3.05, 3.63) is 30.2 Å². The molecule has 3 rings (SSSR count). The van der Waals surface area contributed by atoms with Gasteiger partial charge in [-0.15, -0.1) is 0 Å². The Kier molecular flexibility index (Phi) is 36.0. The van der Waals surface area contributed by atoms with E-state index in [4.69, 9.17) is 18.3 Å². The Morgan fingerprint density at radius 1 is 0.783 bits per heavy atom. The standard InChI is InChI=1S/C24H24N3O13.5K.H2O/c28-13-15-8-25-24(39-15)19-6-14-5-18(16(7-17(14)40-19)27(11-22(33)34)12-23(35)36)38-4-3-37-2-1-26(9-20(29)30)10-21(31)32;;;;;;/h5-8H,1-4,9-12H2,(H,29,30)(H,31,32)(H,33,34)(H,35,36);;;;;;1H2/q-1;5*+1;/p-5. The van der Waals surface area contributed by atoms with Crippen LogP contribution in [0, 0.1) is 0 Å². The van der Waals surface area contributed by atoms with E-state index < -0.39 is 50.1 Å². The van der Waals surface area contributed by atoms with Crippen LogP contribution in [0.3, 0.4) is 0 Å². The molecule has 0 saturated heterocycles. The molecule has 0 aliphatic heterocycles. The topological polar surface area (TPSA) is 272 Å². The molecule has 2 heterocycles. The normalized spacial score (nSPS) is 9.59. The molecule has 0 unspecified atom stereocenters. The van der Waals surface area contributed by atoms with Crippen molar-refractivity contribution in [3.63, 3.8) is 0 Å². The molecule has 0 fully saturated rings. The number of hydrogen-bond acceptors (Lipinski definition) is 17. The fraction of sp³-hybridized carbons (Fsp3) is 0.333. The van der Waals surface area contributed by atoms with Gasteiger partial charge >= 0.3 is 257 Å². The summed E-state index contributed by atoms with van der Waals surface area (Å²) >= 11 is 0. The van der Waals surface area contributed by atoms with E-state index in [0.717, 1.165) is 16.0 Å². The van der Waals surface area contributed by atoms with Crippen LogP contribution in [0.2, 0.25) is 0 Å². The Morgan fingerprint density at radius 3 is 1.85 bits per heavy atom. The average molecular weight is 771 g/mol. The van der Waals surface area contributed by atoms with Crippen LogP contribution in [0.15, 0.2) is 33.2 Å². The minimum absolute atomic E-state index is 0. The molecule has 22 heteroatoms. The summed E-state index contributed by atoms with van der Waals surface area (Å²) in [5, 5.41) is 44.5. The van der Waals surface area contributed by atoms with Gasteiger partial charge in [0.05, 0.1) is 55.9 Å². The summed E-state index contributed by atoms with van der Waals surface area (Å²) in [5.74, 6) is -6.17. The van der Waals surface area contributed by atoms with Gasteiger partial charge in [-0.3, -0.25) is 4.90 Å². The van der Waals surface area contributed by atoms with Gasteiger partial charge < -0.3 is 78.1 Å². The average Bonchev–Trinajstić information content (AvgIpc) is 3.50. The maximum absolute atomic E-state index is 11.3. The van der Waals surface area contributed by atoms with Gasteiger partial charge in [-0.25, -0.2) is 0 Å². The SMILES string of the molecule is O=[C-]c1cnc(-c2cc3cc(OCCOCCN(CC(=O)[O-])CC(=O)[O-])c(N(CC(=O)[O-])CC(=O)[O-])cc3o2)o1.[K+].[K+].[K+].[K+].[K+].[OH-]. The van der Waals surface area contributed by atoms with E-state index >= 15 is 0 Å². The molecule has 0 aliphatic rings. The Morgan fingerprint density at radius 2 is 1.35 bits per heavy atom. The smallest absolute Gasteiger partial charge is 0.870 e. The summed E-state index contributed by atoms with van der Waals surface area (Å²) in [4.78, 5) is 60.7. The summed E-state index contributed by atoms with van der Waals surface area (Å²) in [6, 6.07) is 4.26. The number of furan rings is 1. The first-order chi connectivity index (χ1) is 19.0. The van der Waals surface area contributed by atoms with E-state index in [1.54, 1.807) is 0 Å². The van der Waals surface area contributed by atoms with E-state index in [1.165, 1.54) is 24.5 Å². The third kappa shape index (κ3) is 19.9. The molecule has 0 radical (unpaired) electrons. The first kappa shape index (κ1) is 55.9. The molecule has 0 spiro atoms. The van der Waals surface area contributed by atoms with Crippen molar-refractivity contribution in [3.8, 4) is 17.4 Å². The largest absolute Gasteiger partial charge is 1.00 e. The second-order valence-corrected chi connectivity index (χ2v) is 8.12. The number of hydrogen-bond donors (Lipinski definition) is 0. The summed E-state index contributed by atoms with van der Waals surface area (Å²) in [5.41, 5.74) is 0.177. The molecule has 17 nitrogen and oxygen atoms in total. The van der Waals surface area contributed by atoms with Crippen molar-refractivity contribution in [2.24, 2.45) is 0 Å². The van der Waals surface area contributed by atoms with Crippen LogP contribution in [0.1, 0.15) is 5.76 Å².